The highest BCUT2D eigenvalue weighted by molar-refractivity contribution is 5.37. The van der Waals surface area contributed by atoms with Crippen LogP contribution in [0.1, 0.15) is 13.8 Å². The van der Waals surface area contributed by atoms with Gasteiger partial charge < -0.3 is 19.5 Å². The molecule has 2 bridgehead atoms. The molecular formula is C12H15N3O4. The van der Waals surface area contributed by atoms with Gasteiger partial charge >= 0.3 is 5.69 Å². The van der Waals surface area contributed by atoms with Gasteiger partial charge in [-0.05, 0) is 19.9 Å². The monoisotopic (exact) mass is 265 g/mol. The smallest absolute Gasteiger partial charge is 0.348 e. The quantitative estimate of drug-likeness (QED) is 0.707. The highest BCUT2D eigenvalue weighted by Gasteiger charge is 2.56. The molecule has 7 nitrogen and oxygen atoms in total. The van der Waals surface area contributed by atoms with E-state index in [0.29, 0.717) is 12.4 Å². The molecule has 19 heavy (non-hydrogen) atoms. The summed E-state index contributed by atoms with van der Waals surface area (Å²) in [7, 11) is 0. The summed E-state index contributed by atoms with van der Waals surface area (Å²) in [6.07, 6.45) is 0.678. The standard InChI is InChI=1S/C12H15N3O4/c1-12(2)18-8-6-5-15-7(3-4-13-11(15)16)14-10(17-6)9(8)19-12/h3-4,6,8-10,14H,5H2,1-2H3/t6-,8+,9?,10+/m1/s1. The van der Waals surface area contributed by atoms with Gasteiger partial charge in [-0.15, -0.1) is 0 Å². The van der Waals surface area contributed by atoms with Gasteiger partial charge in [-0.2, -0.15) is 0 Å². The van der Waals surface area contributed by atoms with Crippen LogP contribution in [0.5, 0.6) is 0 Å². The van der Waals surface area contributed by atoms with Crippen molar-refractivity contribution in [1.29, 1.82) is 0 Å². The van der Waals surface area contributed by atoms with Crippen molar-refractivity contribution in [3.63, 3.8) is 0 Å². The van der Waals surface area contributed by atoms with Gasteiger partial charge in [0, 0.05) is 6.20 Å². The largest absolute Gasteiger partial charge is 0.349 e. The average Bonchev–Trinajstić information content (AvgIpc) is 2.70. The van der Waals surface area contributed by atoms with E-state index in [1.165, 1.54) is 6.20 Å². The minimum Gasteiger partial charge on any atom is -0.348 e. The van der Waals surface area contributed by atoms with Gasteiger partial charge in [0.1, 0.15) is 24.1 Å². The predicted molar refractivity (Wildman–Crippen MR) is 64.6 cm³/mol. The van der Waals surface area contributed by atoms with Crippen molar-refractivity contribution in [2.45, 2.75) is 50.7 Å². The van der Waals surface area contributed by atoms with Crippen LogP contribution in [0.4, 0.5) is 5.82 Å². The number of nitrogens with zero attached hydrogens (tertiary/aromatic N) is 2. The third-order valence-electron chi connectivity index (χ3n) is 3.74. The van der Waals surface area contributed by atoms with Crippen LogP contribution in [0, 0.1) is 0 Å². The van der Waals surface area contributed by atoms with Crippen LogP contribution in [-0.2, 0) is 20.8 Å². The van der Waals surface area contributed by atoms with E-state index in [-0.39, 0.29) is 30.2 Å². The van der Waals surface area contributed by atoms with E-state index in [2.05, 4.69) is 10.3 Å². The Labute approximate surface area is 109 Å². The summed E-state index contributed by atoms with van der Waals surface area (Å²) in [6.45, 7) is 4.20. The van der Waals surface area contributed by atoms with E-state index in [1.54, 1.807) is 10.6 Å². The third-order valence-corrected chi connectivity index (χ3v) is 3.74. The molecule has 2 fully saturated rings. The Hall–Kier alpha value is -1.44. The normalized spacial score (nSPS) is 38.2. The lowest BCUT2D eigenvalue weighted by atomic mass is 10.1. The van der Waals surface area contributed by atoms with E-state index in [4.69, 9.17) is 14.2 Å². The summed E-state index contributed by atoms with van der Waals surface area (Å²) in [4.78, 5) is 15.6. The fraction of sp³-hybridized carbons (Fsp3) is 0.667. The third kappa shape index (κ3) is 1.62. The van der Waals surface area contributed by atoms with Crippen LogP contribution in [0.2, 0.25) is 0 Å². The van der Waals surface area contributed by atoms with E-state index in [9.17, 15) is 4.79 Å². The molecule has 4 atom stereocenters. The molecule has 102 valence electrons. The SMILES string of the molecule is CC1(C)OC2[C@@H](O1)[C@H]1Cn3c(ccnc3=O)N[C@H]2O1. The van der Waals surface area contributed by atoms with Crippen LogP contribution < -0.4 is 11.0 Å². The van der Waals surface area contributed by atoms with Crippen molar-refractivity contribution in [2.24, 2.45) is 0 Å². The molecule has 7 heteroatoms. The lowest BCUT2D eigenvalue weighted by Crippen LogP contribution is -2.40. The van der Waals surface area contributed by atoms with E-state index in [1.807, 2.05) is 13.8 Å². The summed E-state index contributed by atoms with van der Waals surface area (Å²) in [5.74, 6) is 0.0936. The maximum atomic E-state index is 11.8. The molecule has 3 aliphatic rings. The lowest BCUT2D eigenvalue weighted by Gasteiger charge is -2.22. The van der Waals surface area contributed by atoms with Crippen LogP contribution in [0.15, 0.2) is 17.1 Å². The van der Waals surface area contributed by atoms with Gasteiger partial charge in [0.05, 0.1) is 6.54 Å². The Morgan fingerprint density at radius 2 is 2.21 bits per heavy atom. The fourth-order valence-corrected chi connectivity index (χ4v) is 3.01. The van der Waals surface area contributed by atoms with Crippen molar-refractivity contribution < 1.29 is 14.2 Å². The van der Waals surface area contributed by atoms with Crippen molar-refractivity contribution in [2.75, 3.05) is 5.32 Å². The van der Waals surface area contributed by atoms with Gasteiger partial charge in [-0.3, -0.25) is 4.57 Å². The number of hydrogen-bond donors (Lipinski definition) is 1. The molecule has 0 aliphatic carbocycles. The number of nitrogens with one attached hydrogen (secondary N) is 1. The molecule has 2 saturated heterocycles. The van der Waals surface area contributed by atoms with E-state index in [0.717, 1.165) is 0 Å². The van der Waals surface area contributed by atoms with Crippen LogP contribution >= 0.6 is 0 Å². The van der Waals surface area contributed by atoms with Crippen molar-refractivity contribution in [3.05, 3.63) is 22.7 Å². The minimum atomic E-state index is -0.614. The molecule has 4 heterocycles. The molecule has 1 aromatic rings. The van der Waals surface area contributed by atoms with Gasteiger partial charge in [0.25, 0.3) is 0 Å². The van der Waals surface area contributed by atoms with Gasteiger partial charge in [-0.1, -0.05) is 0 Å². The maximum absolute atomic E-state index is 11.8. The van der Waals surface area contributed by atoms with Gasteiger partial charge in [0.2, 0.25) is 0 Å². The number of rotatable bonds is 0. The average molecular weight is 265 g/mol. The molecule has 4 rings (SSSR count). The number of fused-ring (bicyclic) bond motifs is 6. The summed E-state index contributed by atoms with van der Waals surface area (Å²) in [6, 6.07) is 1.77. The number of aromatic nitrogens is 2. The Balaban J connectivity index is 1.74. The molecule has 0 amide bonds. The number of anilines is 1. The first kappa shape index (κ1) is 11.4. The van der Waals surface area contributed by atoms with Gasteiger partial charge in [-0.25, -0.2) is 9.78 Å². The molecule has 3 aliphatic heterocycles. The number of ether oxygens (including phenoxy) is 3. The molecule has 0 spiro atoms. The zero-order valence-electron chi connectivity index (χ0n) is 10.7. The Morgan fingerprint density at radius 1 is 1.42 bits per heavy atom. The molecule has 1 N–H and O–H groups in total. The van der Waals surface area contributed by atoms with E-state index >= 15 is 0 Å². The van der Waals surface area contributed by atoms with Gasteiger partial charge in [0.15, 0.2) is 12.0 Å². The summed E-state index contributed by atoms with van der Waals surface area (Å²) in [5.41, 5.74) is -0.282. The maximum Gasteiger partial charge on any atom is 0.349 e. The molecule has 0 saturated carbocycles. The van der Waals surface area contributed by atoms with Crippen LogP contribution in [-0.4, -0.2) is 39.9 Å². The Kier molecular flexibility index (Phi) is 2.13. The molecule has 1 aromatic heterocycles. The molecule has 1 unspecified atom stereocenters. The van der Waals surface area contributed by atoms with Crippen LogP contribution in [0.25, 0.3) is 0 Å². The predicted octanol–water partition coefficient (Wildman–Crippen LogP) is -0.0862. The highest BCUT2D eigenvalue weighted by Crippen LogP contribution is 2.40. The highest BCUT2D eigenvalue weighted by atomic mass is 16.8. The van der Waals surface area contributed by atoms with E-state index < -0.39 is 5.79 Å². The minimum absolute atomic E-state index is 0.156. The Bertz CT molecular complexity index is 585. The summed E-state index contributed by atoms with van der Waals surface area (Å²) >= 11 is 0. The fourth-order valence-electron chi connectivity index (χ4n) is 3.01. The van der Waals surface area contributed by atoms with Crippen LogP contribution in [0.3, 0.4) is 0 Å². The second-order valence-corrected chi connectivity index (χ2v) is 5.53. The first-order valence-corrected chi connectivity index (χ1v) is 6.37. The Morgan fingerprint density at radius 3 is 3.05 bits per heavy atom. The lowest BCUT2D eigenvalue weighted by molar-refractivity contribution is -0.184. The number of hydrogen-bond acceptors (Lipinski definition) is 6. The second-order valence-electron chi connectivity index (χ2n) is 5.53. The molecular weight excluding hydrogens is 250 g/mol. The zero-order chi connectivity index (χ0) is 13.2. The first-order valence-electron chi connectivity index (χ1n) is 6.37. The second kappa shape index (κ2) is 3.56. The molecule has 0 aromatic carbocycles. The van der Waals surface area contributed by atoms with Crippen molar-refractivity contribution in [1.82, 2.24) is 9.55 Å². The first-order chi connectivity index (χ1) is 9.03. The molecule has 0 radical (unpaired) electrons. The van der Waals surface area contributed by atoms with Crippen molar-refractivity contribution in [3.8, 4) is 0 Å². The zero-order valence-corrected chi connectivity index (χ0v) is 10.7. The summed E-state index contributed by atoms with van der Waals surface area (Å²) < 4.78 is 19.2. The summed E-state index contributed by atoms with van der Waals surface area (Å²) in [5, 5.41) is 3.20. The topological polar surface area (TPSA) is 74.6 Å². The van der Waals surface area contributed by atoms with Crippen molar-refractivity contribution >= 4 is 5.82 Å².